The molecule has 0 aliphatic carbocycles. The minimum absolute atomic E-state index is 0.241. The summed E-state index contributed by atoms with van der Waals surface area (Å²) in [6, 6.07) is 14.8. The summed E-state index contributed by atoms with van der Waals surface area (Å²) in [6.45, 7) is 5.59. The lowest BCUT2D eigenvalue weighted by Crippen LogP contribution is -2.44. The first-order valence-electron chi connectivity index (χ1n) is 9.35. The molecule has 0 spiro atoms. The van der Waals surface area contributed by atoms with Gasteiger partial charge in [-0.1, -0.05) is 48.0 Å². The van der Waals surface area contributed by atoms with Crippen molar-refractivity contribution in [3.05, 3.63) is 65.2 Å². The fourth-order valence-electron chi connectivity index (χ4n) is 3.10. The number of amides is 1. The molecule has 0 radical (unpaired) electrons. The van der Waals surface area contributed by atoms with Gasteiger partial charge in [-0.3, -0.25) is 4.79 Å². The quantitative estimate of drug-likeness (QED) is 0.718. The molecule has 1 saturated heterocycles. The van der Waals surface area contributed by atoms with Crippen LogP contribution in [0.1, 0.15) is 22.8 Å². The molecule has 2 aromatic carbocycles. The van der Waals surface area contributed by atoms with E-state index < -0.39 is 12.1 Å². The van der Waals surface area contributed by atoms with Crippen molar-refractivity contribution in [2.45, 2.75) is 20.0 Å². The number of rotatable bonds is 6. The van der Waals surface area contributed by atoms with Crippen molar-refractivity contribution in [3.63, 3.8) is 0 Å². The van der Waals surface area contributed by atoms with Gasteiger partial charge in [-0.25, -0.2) is 4.79 Å². The molecule has 0 aromatic heterocycles. The molecule has 1 aliphatic rings. The second-order valence-corrected chi connectivity index (χ2v) is 6.78. The standard InChI is InChI=1S/C22H25NO5/c1-16-8-9-19(17(2)14-16)27-15-20(24)28-21(18-6-4-3-5-7-18)22(25)23-10-12-26-13-11-23/h3-9,14,21H,10-13,15H2,1-2H3/t21-/m0/s1. The summed E-state index contributed by atoms with van der Waals surface area (Å²) < 4.78 is 16.4. The number of nitrogens with zero attached hydrogens (tertiary/aromatic N) is 1. The predicted molar refractivity (Wildman–Crippen MR) is 104 cm³/mol. The highest BCUT2D eigenvalue weighted by Crippen LogP contribution is 2.22. The maximum atomic E-state index is 13.0. The van der Waals surface area contributed by atoms with E-state index in [1.165, 1.54) is 0 Å². The summed E-state index contributed by atoms with van der Waals surface area (Å²) in [5.74, 6) is -0.205. The van der Waals surface area contributed by atoms with Crippen LogP contribution < -0.4 is 4.74 Å². The minimum atomic E-state index is -0.991. The Hall–Kier alpha value is -2.86. The van der Waals surface area contributed by atoms with Crippen LogP contribution in [0.4, 0.5) is 0 Å². The zero-order chi connectivity index (χ0) is 19.9. The van der Waals surface area contributed by atoms with Crippen molar-refractivity contribution in [2.75, 3.05) is 32.9 Å². The van der Waals surface area contributed by atoms with Gasteiger partial charge in [-0.2, -0.15) is 0 Å². The Balaban J connectivity index is 1.68. The molecule has 148 valence electrons. The van der Waals surface area contributed by atoms with Gasteiger partial charge in [-0.05, 0) is 25.5 Å². The number of hydrogen-bond acceptors (Lipinski definition) is 5. The van der Waals surface area contributed by atoms with Crippen LogP contribution >= 0.6 is 0 Å². The van der Waals surface area contributed by atoms with Crippen LogP contribution in [0.5, 0.6) is 5.75 Å². The lowest BCUT2D eigenvalue weighted by Gasteiger charge is -2.30. The van der Waals surface area contributed by atoms with Gasteiger partial charge < -0.3 is 19.1 Å². The van der Waals surface area contributed by atoms with Gasteiger partial charge in [0.05, 0.1) is 13.2 Å². The Morgan fingerprint density at radius 1 is 1.07 bits per heavy atom. The number of ether oxygens (including phenoxy) is 3. The van der Waals surface area contributed by atoms with E-state index in [-0.39, 0.29) is 12.5 Å². The highest BCUT2D eigenvalue weighted by atomic mass is 16.6. The van der Waals surface area contributed by atoms with Crippen molar-refractivity contribution in [2.24, 2.45) is 0 Å². The number of esters is 1. The van der Waals surface area contributed by atoms with E-state index >= 15 is 0 Å². The monoisotopic (exact) mass is 383 g/mol. The second-order valence-electron chi connectivity index (χ2n) is 6.78. The van der Waals surface area contributed by atoms with E-state index in [1.807, 2.05) is 50.2 Å². The minimum Gasteiger partial charge on any atom is -0.482 e. The van der Waals surface area contributed by atoms with E-state index in [1.54, 1.807) is 17.0 Å². The van der Waals surface area contributed by atoms with Crippen molar-refractivity contribution in [1.29, 1.82) is 0 Å². The first kappa shape index (κ1) is 19.9. The molecule has 1 heterocycles. The Morgan fingerprint density at radius 3 is 2.46 bits per heavy atom. The van der Waals surface area contributed by atoms with Gasteiger partial charge in [0.1, 0.15) is 5.75 Å². The number of morpholine rings is 1. The third kappa shape index (κ3) is 5.10. The number of benzene rings is 2. The topological polar surface area (TPSA) is 65.1 Å². The molecule has 0 unspecified atom stereocenters. The van der Waals surface area contributed by atoms with E-state index in [2.05, 4.69) is 0 Å². The van der Waals surface area contributed by atoms with E-state index in [9.17, 15) is 9.59 Å². The van der Waals surface area contributed by atoms with Crippen LogP contribution in [-0.4, -0.2) is 49.7 Å². The molecule has 28 heavy (non-hydrogen) atoms. The largest absolute Gasteiger partial charge is 0.482 e. The third-order valence-electron chi connectivity index (χ3n) is 4.57. The number of carbonyl (C=O) groups is 2. The lowest BCUT2D eigenvalue weighted by molar-refractivity contribution is -0.164. The molecular weight excluding hydrogens is 358 g/mol. The van der Waals surface area contributed by atoms with Gasteiger partial charge in [-0.15, -0.1) is 0 Å². The van der Waals surface area contributed by atoms with Crippen LogP contribution in [0.3, 0.4) is 0 Å². The first-order chi connectivity index (χ1) is 13.5. The number of carbonyl (C=O) groups excluding carboxylic acids is 2. The molecule has 3 rings (SSSR count). The predicted octanol–water partition coefficient (Wildman–Crippen LogP) is 2.83. The molecular formula is C22H25NO5. The molecule has 0 N–H and O–H groups in total. The van der Waals surface area contributed by atoms with E-state index in [0.29, 0.717) is 37.6 Å². The summed E-state index contributed by atoms with van der Waals surface area (Å²) in [7, 11) is 0. The molecule has 1 amide bonds. The fourth-order valence-corrected chi connectivity index (χ4v) is 3.10. The summed E-state index contributed by atoms with van der Waals surface area (Å²) in [5.41, 5.74) is 2.70. The molecule has 1 fully saturated rings. The number of hydrogen-bond donors (Lipinski definition) is 0. The first-order valence-corrected chi connectivity index (χ1v) is 9.35. The van der Waals surface area contributed by atoms with Crippen LogP contribution in [0, 0.1) is 13.8 Å². The Kier molecular flexibility index (Phi) is 6.66. The normalized spacial score (nSPS) is 15.0. The van der Waals surface area contributed by atoms with Crippen molar-refractivity contribution < 1.29 is 23.8 Å². The van der Waals surface area contributed by atoms with Gasteiger partial charge in [0.25, 0.3) is 5.91 Å². The summed E-state index contributed by atoms with van der Waals surface area (Å²) in [4.78, 5) is 27.0. The zero-order valence-corrected chi connectivity index (χ0v) is 16.2. The average molecular weight is 383 g/mol. The molecule has 1 aliphatic heterocycles. The van der Waals surface area contributed by atoms with Gasteiger partial charge in [0.15, 0.2) is 6.61 Å². The van der Waals surface area contributed by atoms with Crippen molar-refractivity contribution >= 4 is 11.9 Å². The van der Waals surface area contributed by atoms with Crippen molar-refractivity contribution in [3.8, 4) is 5.75 Å². The molecule has 6 nitrogen and oxygen atoms in total. The highest BCUT2D eigenvalue weighted by molar-refractivity contribution is 5.85. The van der Waals surface area contributed by atoms with Crippen LogP contribution in [0.15, 0.2) is 48.5 Å². The highest BCUT2D eigenvalue weighted by Gasteiger charge is 2.30. The molecule has 1 atom stereocenters. The Morgan fingerprint density at radius 2 is 1.79 bits per heavy atom. The van der Waals surface area contributed by atoms with Crippen molar-refractivity contribution in [1.82, 2.24) is 4.90 Å². The maximum Gasteiger partial charge on any atom is 0.345 e. The summed E-state index contributed by atoms with van der Waals surface area (Å²) in [5, 5.41) is 0. The molecule has 0 saturated carbocycles. The smallest absolute Gasteiger partial charge is 0.345 e. The zero-order valence-electron chi connectivity index (χ0n) is 16.2. The van der Waals surface area contributed by atoms with Crippen LogP contribution in [0.2, 0.25) is 0 Å². The second kappa shape index (κ2) is 9.37. The van der Waals surface area contributed by atoms with E-state index in [4.69, 9.17) is 14.2 Å². The SMILES string of the molecule is Cc1ccc(OCC(=O)O[C@H](C(=O)N2CCOCC2)c2ccccc2)c(C)c1. The molecule has 0 bridgehead atoms. The number of aryl methyl sites for hydroxylation is 2. The Labute approximate surface area is 165 Å². The molecule has 6 heteroatoms. The summed E-state index contributed by atoms with van der Waals surface area (Å²) in [6.07, 6.45) is -0.991. The van der Waals surface area contributed by atoms with Gasteiger partial charge >= 0.3 is 5.97 Å². The summed E-state index contributed by atoms with van der Waals surface area (Å²) >= 11 is 0. The van der Waals surface area contributed by atoms with Gasteiger partial charge in [0, 0.05) is 18.7 Å². The lowest BCUT2D eigenvalue weighted by atomic mass is 10.1. The maximum absolute atomic E-state index is 13.0. The third-order valence-corrected chi connectivity index (χ3v) is 4.57. The van der Waals surface area contributed by atoms with Gasteiger partial charge in [0.2, 0.25) is 6.10 Å². The fraction of sp³-hybridized carbons (Fsp3) is 0.364. The van der Waals surface area contributed by atoms with E-state index in [0.717, 1.165) is 11.1 Å². The average Bonchev–Trinajstić information content (AvgIpc) is 2.72. The Bertz CT molecular complexity index is 815. The molecule has 2 aromatic rings. The van der Waals surface area contributed by atoms with Crippen LogP contribution in [0.25, 0.3) is 0 Å². The van der Waals surface area contributed by atoms with Crippen LogP contribution in [-0.2, 0) is 19.1 Å².